The van der Waals surface area contributed by atoms with Crippen LogP contribution in [0.2, 0.25) is 25.7 Å². The van der Waals surface area contributed by atoms with Crippen LogP contribution in [0.15, 0.2) is 64.5 Å². The van der Waals surface area contributed by atoms with E-state index in [1.165, 1.54) is 47.4 Å². The van der Waals surface area contributed by atoms with Crippen molar-refractivity contribution in [3.8, 4) is 17.0 Å². The van der Waals surface area contributed by atoms with Crippen LogP contribution in [-0.2, 0) is 21.5 Å². The molecule has 0 radical (unpaired) electrons. The van der Waals surface area contributed by atoms with Crippen LogP contribution in [-0.4, -0.2) is 57.5 Å². The zero-order chi connectivity index (χ0) is 36.6. The maximum absolute atomic E-state index is 13.8. The Balaban J connectivity index is 1.86. The van der Waals surface area contributed by atoms with E-state index >= 15 is 0 Å². The normalized spacial score (nSPS) is 14.8. The van der Waals surface area contributed by atoms with Crippen molar-refractivity contribution in [3.05, 3.63) is 71.4 Å². The molecule has 0 saturated heterocycles. The molecule has 1 unspecified atom stereocenters. The van der Waals surface area contributed by atoms with Crippen molar-refractivity contribution in [2.24, 2.45) is 21.6 Å². The molecule has 12 nitrogen and oxygen atoms in total. The lowest BCUT2D eigenvalue weighted by Gasteiger charge is -2.34. The molecule has 50 heavy (non-hydrogen) atoms. The molecule has 4 N–H and O–H groups in total. The fourth-order valence-corrected chi connectivity index (χ4v) is 6.36. The number of primary amides is 1. The highest BCUT2D eigenvalue weighted by Crippen LogP contribution is 2.44. The molecular weight excluding hydrogens is 692 g/mol. The van der Waals surface area contributed by atoms with Crippen LogP contribution in [0.4, 0.5) is 24.7 Å². The van der Waals surface area contributed by atoms with Gasteiger partial charge in [0.1, 0.15) is 47.3 Å². The number of rotatable bonds is 18. The summed E-state index contributed by atoms with van der Waals surface area (Å²) in [5.41, 5.74) is 6.48. The Bertz CT molecular complexity index is 1840. The van der Waals surface area contributed by atoms with Gasteiger partial charge in [0.05, 0.1) is 11.9 Å². The minimum absolute atomic E-state index is 0.0180. The molecule has 1 aliphatic carbocycles. The fraction of sp³-hybridized carbons (Fsp3) is 0.394. The number of halogens is 3. The second kappa shape index (κ2) is 16.5. The Labute approximate surface area is 290 Å². The number of nitrogens with two attached hydrogens (primary N) is 1. The molecule has 1 heterocycles. The van der Waals surface area contributed by atoms with Crippen molar-refractivity contribution < 1.29 is 35.9 Å². The summed E-state index contributed by atoms with van der Waals surface area (Å²) < 4.78 is 81.1. The fourth-order valence-electron chi connectivity index (χ4n) is 5.04. The molecular formula is C33H42F3N7O5SSi. The summed E-state index contributed by atoms with van der Waals surface area (Å²) in [4.78, 5) is 21.1. The van der Waals surface area contributed by atoms with Gasteiger partial charge < -0.3 is 20.5 Å². The van der Waals surface area contributed by atoms with E-state index in [1.54, 1.807) is 19.1 Å². The quantitative estimate of drug-likeness (QED) is 0.0721. The maximum Gasteiger partial charge on any atom is 0.355 e. The number of anilines is 2. The number of carbonyl (C=O) groups is 1. The Morgan fingerprint density at radius 2 is 1.90 bits per heavy atom. The number of aliphatic imine (C=N–C) groups is 2. The lowest BCUT2D eigenvalue weighted by atomic mass is 9.78. The number of aromatic nitrogens is 2. The van der Waals surface area contributed by atoms with Crippen molar-refractivity contribution in [1.82, 2.24) is 9.78 Å². The molecule has 1 saturated carbocycles. The molecule has 3 aromatic rings. The van der Waals surface area contributed by atoms with Crippen LogP contribution in [0, 0.1) is 11.7 Å². The zero-order valence-corrected chi connectivity index (χ0v) is 30.1. The number of alkyl halides is 2. The predicted octanol–water partition coefficient (Wildman–Crippen LogP) is 6.99. The number of carbonyl (C=O) groups excluding carboxylic acids is 1. The topological polar surface area (TPSA) is 162 Å². The van der Waals surface area contributed by atoms with E-state index in [2.05, 4.69) is 46.8 Å². The van der Waals surface area contributed by atoms with E-state index < -0.39 is 41.7 Å². The number of hydrogen-bond donors (Lipinski definition) is 3. The first-order valence-corrected chi connectivity index (χ1v) is 21.1. The van der Waals surface area contributed by atoms with Crippen LogP contribution in [0.5, 0.6) is 5.75 Å². The van der Waals surface area contributed by atoms with Gasteiger partial charge in [0.15, 0.2) is 0 Å². The van der Waals surface area contributed by atoms with Gasteiger partial charge >= 0.3 is 5.76 Å². The molecule has 270 valence electrons. The molecule has 1 fully saturated rings. The standard InChI is InChI=1S/C33H42F3N7O5SSi/c1-6-39-19-27(38-2)40-32-28(31(37)44)29(41-43(32)20-47-16-17-50(3,4)5)23-12-15-25(42-49(45,46)33(35)36)26(18-23)48-30(21-8-7-9-21)22-10-13-24(34)14-11-22/h6,10-15,18-19,21,30,33,40,42H,2,7-9,16-17,20H2,1,3-5H3,(H2,37,44)/b27-19+,39-6?. The van der Waals surface area contributed by atoms with Gasteiger partial charge in [0.2, 0.25) is 0 Å². The van der Waals surface area contributed by atoms with Gasteiger partial charge in [-0.25, -0.2) is 22.5 Å². The molecule has 1 atom stereocenters. The number of hydrogen-bond acceptors (Lipinski definition) is 9. The lowest BCUT2D eigenvalue weighted by molar-refractivity contribution is 0.0801. The van der Waals surface area contributed by atoms with Crippen molar-refractivity contribution in [3.63, 3.8) is 0 Å². The zero-order valence-electron chi connectivity index (χ0n) is 28.3. The van der Waals surface area contributed by atoms with E-state index in [1.807, 2.05) is 4.72 Å². The van der Waals surface area contributed by atoms with Gasteiger partial charge in [0, 0.05) is 32.4 Å². The minimum Gasteiger partial charge on any atom is -0.483 e. The molecule has 4 rings (SSSR count). The van der Waals surface area contributed by atoms with Crippen LogP contribution in [0.1, 0.15) is 48.2 Å². The van der Waals surface area contributed by atoms with Crippen LogP contribution in [0.3, 0.4) is 0 Å². The number of benzene rings is 2. The van der Waals surface area contributed by atoms with E-state index in [0.717, 1.165) is 25.3 Å². The van der Waals surface area contributed by atoms with E-state index in [9.17, 15) is 26.4 Å². The lowest BCUT2D eigenvalue weighted by Crippen LogP contribution is -2.26. The maximum atomic E-state index is 13.8. The summed E-state index contributed by atoms with van der Waals surface area (Å²) in [5.74, 6) is -4.90. The highest BCUT2D eigenvalue weighted by Gasteiger charge is 2.33. The molecule has 0 bridgehead atoms. The van der Waals surface area contributed by atoms with Crippen molar-refractivity contribution in [2.45, 2.75) is 70.5 Å². The highest BCUT2D eigenvalue weighted by atomic mass is 32.2. The Morgan fingerprint density at radius 3 is 2.46 bits per heavy atom. The second-order valence-electron chi connectivity index (χ2n) is 12.9. The van der Waals surface area contributed by atoms with Gasteiger partial charge in [-0.1, -0.05) is 44.3 Å². The van der Waals surface area contributed by atoms with Crippen molar-refractivity contribution in [1.29, 1.82) is 0 Å². The van der Waals surface area contributed by atoms with Crippen LogP contribution >= 0.6 is 0 Å². The summed E-state index contributed by atoms with van der Waals surface area (Å²) in [7, 11) is -6.54. The van der Waals surface area contributed by atoms with Gasteiger partial charge in [-0.15, -0.1) is 0 Å². The Kier molecular flexibility index (Phi) is 12.6. The third kappa shape index (κ3) is 9.82. The third-order valence-electron chi connectivity index (χ3n) is 7.94. The molecule has 2 aromatic carbocycles. The minimum atomic E-state index is -5.11. The molecule has 0 spiro atoms. The molecule has 0 aliphatic heterocycles. The number of amides is 1. The Hall–Kier alpha value is -4.48. The first-order valence-electron chi connectivity index (χ1n) is 15.9. The third-order valence-corrected chi connectivity index (χ3v) is 10.6. The Morgan fingerprint density at radius 1 is 1.20 bits per heavy atom. The van der Waals surface area contributed by atoms with E-state index in [-0.39, 0.29) is 52.5 Å². The first kappa shape index (κ1) is 38.3. The summed E-state index contributed by atoms with van der Waals surface area (Å²) in [6, 6.07) is 10.5. The van der Waals surface area contributed by atoms with Crippen molar-refractivity contribution >= 4 is 48.4 Å². The average molecular weight is 734 g/mol. The predicted molar refractivity (Wildman–Crippen MR) is 191 cm³/mol. The highest BCUT2D eigenvalue weighted by molar-refractivity contribution is 7.93. The molecule has 1 aromatic heterocycles. The monoisotopic (exact) mass is 733 g/mol. The van der Waals surface area contributed by atoms with Crippen LogP contribution < -0.4 is 20.5 Å². The van der Waals surface area contributed by atoms with E-state index in [4.69, 9.17) is 15.2 Å². The van der Waals surface area contributed by atoms with Crippen LogP contribution in [0.25, 0.3) is 11.3 Å². The number of sulfonamides is 1. The average Bonchev–Trinajstić information content (AvgIpc) is 3.38. The summed E-state index contributed by atoms with van der Waals surface area (Å²) >= 11 is 0. The number of ether oxygens (including phenoxy) is 2. The number of nitrogens with one attached hydrogen (secondary N) is 2. The number of nitrogens with zero attached hydrogens (tertiary/aromatic N) is 4. The van der Waals surface area contributed by atoms with Gasteiger partial charge in [-0.3, -0.25) is 14.5 Å². The van der Waals surface area contributed by atoms with Gasteiger partial charge in [-0.05, 0) is 62.4 Å². The van der Waals surface area contributed by atoms with Gasteiger partial charge in [0.25, 0.3) is 15.9 Å². The molecule has 17 heteroatoms. The van der Waals surface area contributed by atoms with E-state index in [0.29, 0.717) is 12.2 Å². The summed E-state index contributed by atoms with van der Waals surface area (Å²) in [6.45, 7) is 12.2. The van der Waals surface area contributed by atoms with Gasteiger partial charge in [-0.2, -0.15) is 13.9 Å². The first-order chi connectivity index (χ1) is 23.6. The SMILES string of the molecule is C=N/C(=C\N=CC)Nc1c(C(N)=O)c(-c2ccc(NS(=O)(=O)C(F)F)c(OC(c3ccc(F)cc3)C3CCC3)c2)nn1COCC[Si](C)(C)C. The van der Waals surface area contributed by atoms with Crippen molar-refractivity contribution in [2.75, 3.05) is 16.6 Å². The molecule has 1 aliphatic rings. The molecule has 1 amide bonds. The largest absolute Gasteiger partial charge is 0.483 e. The summed E-state index contributed by atoms with van der Waals surface area (Å²) in [5, 5.41) is 7.64. The second-order valence-corrected chi connectivity index (χ2v) is 20.2. The smallest absolute Gasteiger partial charge is 0.355 e. The summed E-state index contributed by atoms with van der Waals surface area (Å²) in [6.07, 6.45) is 4.71.